The predicted octanol–water partition coefficient (Wildman–Crippen LogP) is 7.68. The summed E-state index contributed by atoms with van der Waals surface area (Å²) >= 11 is 0. The number of aromatic nitrogens is 5. The van der Waals surface area contributed by atoms with E-state index in [2.05, 4.69) is 39.7 Å². The number of H-pyrrole nitrogens is 1. The second-order valence-corrected chi connectivity index (χ2v) is 20.9. The minimum atomic E-state index is -4.53. The number of carbonyl (C=O) groups excluding carboxylic acids is 2. The number of likely N-dealkylation sites (N-methyl/N-ethyl adjacent to an activating group) is 1. The first-order valence-corrected chi connectivity index (χ1v) is 26.0. The van der Waals surface area contributed by atoms with Crippen LogP contribution < -0.4 is 25.6 Å². The third-order valence-electron chi connectivity index (χ3n) is 13.2. The lowest BCUT2D eigenvalue weighted by atomic mass is 9.77. The van der Waals surface area contributed by atoms with Crippen molar-refractivity contribution in [2.75, 3.05) is 41.0 Å². The van der Waals surface area contributed by atoms with E-state index in [0.29, 0.717) is 54.2 Å². The van der Waals surface area contributed by atoms with Crippen molar-refractivity contribution in [3.63, 3.8) is 0 Å². The molecule has 0 saturated heterocycles. The molecule has 72 heavy (non-hydrogen) atoms. The lowest BCUT2D eigenvalue weighted by Gasteiger charge is -2.30. The summed E-state index contributed by atoms with van der Waals surface area (Å²) in [6.45, 7) is 11.3. The molecule has 21 heteroatoms. The van der Waals surface area contributed by atoms with E-state index in [1.54, 1.807) is 55.6 Å². The first kappa shape index (κ1) is 50.8. The van der Waals surface area contributed by atoms with Gasteiger partial charge in [-0.15, -0.1) is 0 Å². The Balaban J connectivity index is 0.925. The van der Waals surface area contributed by atoms with Crippen LogP contribution in [0.3, 0.4) is 0 Å². The average molecular weight is 1020 g/mol. The highest BCUT2D eigenvalue weighted by molar-refractivity contribution is 7.86. The molecule has 3 aromatic heterocycles. The zero-order chi connectivity index (χ0) is 51.8. The third-order valence-corrected chi connectivity index (χ3v) is 14.9. The number of imidazole rings is 1. The van der Waals surface area contributed by atoms with E-state index in [0.717, 1.165) is 33.9 Å². The van der Waals surface area contributed by atoms with Crippen LogP contribution >= 0.6 is 0 Å². The van der Waals surface area contributed by atoms with E-state index in [9.17, 15) is 35.5 Å². The summed E-state index contributed by atoms with van der Waals surface area (Å²) < 4.78 is 76.5. The van der Waals surface area contributed by atoms with E-state index in [-0.39, 0.29) is 46.1 Å². The fraction of sp³-hybridized carbons (Fsp3) is 0.275. The van der Waals surface area contributed by atoms with Crippen LogP contribution in [0.4, 0.5) is 28.8 Å². The summed E-state index contributed by atoms with van der Waals surface area (Å²) in [6.07, 6.45) is 13.5. The molecule has 6 aromatic rings. The molecule has 19 nitrogen and oxygen atoms in total. The number of benzene rings is 3. The number of rotatable bonds is 17. The number of carbonyl (C=O) groups is 2. The van der Waals surface area contributed by atoms with Crippen molar-refractivity contribution in [1.82, 2.24) is 24.9 Å². The van der Waals surface area contributed by atoms with Gasteiger partial charge in [-0.2, -0.15) is 31.4 Å². The van der Waals surface area contributed by atoms with Gasteiger partial charge in [0.05, 0.1) is 27.1 Å². The van der Waals surface area contributed by atoms with Crippen LogP contribution in [0, 0.1) is 0 Å². The lowest BCUT2D eigenvalue weighted by Crippen LogP contribution is -2.30. The number of nitrogens with two attached hydrogens (primary N) is 1. The van der Waals surface area contributed by atoms with Crippen molar-refractivity contribution in [2.45, 2.75) is 81.1 Å². The monoisotopic (exact) mass is 1020 g/mol. The minimum Gasteiger partial charge on any atom is -0.471 e. The largest absolute Gasteiger partial charge is 0.471 e. The molecule has 374 valence electrons. The number of hydrogen-bond acceptors (Lipinski definition) is 13. The van der Waals surface area contributed by atoms with Crippen LogP contribution in [0.5, 0.6) is 5.88 Å². The maximum absolute atomic E-state index is 13.7. The summed E-state index contributed by atoms with van der Waals surface area (Å²) in [6, 6.07) is 19.5. The number of nitrogens with one attached hydrogen (secondary N) is 2. The van der Waals surface area contributed by atoms with Gasteiger partial charge in [0.25, 0.3) is 26.1 Å². The molecule has 1 unspecified atom stereocenters. The fourth-order valence-corrected chi connectivity index (χ4v) is 10.4. The number of amides is 2. The van der Waals surface area contributed by atoms with Crippen LogP contribution in [-0.2, 0) is 42.5 Å². The Bertz CT molecular complexity index is 3460. The van der Waals surface area contributed by atoms with E-state index < -0.39 is 37.0 Å². The molecule has 2 aliphatic heterocycles. The Kier molecular flexibility index (Phi) is 14.0. The maximum atomic E-state index is 13.7. The number of nitrogen functional groups attached to an aromatic ring is 1. The molecule has 6 N–H and O–H groups in total. The van der Waals surface area contributed by atoms with Crippen LogP contribution in [-0.4, -0.2) is 93.1 Å². The van der Waals surface area contributed by atoms with Gasteiger partial charge in [-0.1, -0.05) is 30.4 Å². The topological polar surface area (TPSA) is 267 Å². The van der Waals surface area contributed by atoms with Crippen molar-refractivity contribution in [2.24, 2.45) is 0 Å². The first-order chi connectivity index (χ1) is 34.1. The zero-order valence-electron chi connectivity index (χ0n) is 40.5. The second-order valence-electron chi connectivity index (χ2n) is 18.1. The summed E-state index contributed by atoms with van der Waals surface area (Å²) in [5.74, 6) is 0.0392. The molecular formula is C51H55N10O9S2+. The van der Waals surface area contributed by atoms with Crippen molar-refractivity contribution in [3.05, 3.63) is 144 Å². The van der Waals surface area contributed by atoms with Gasteiger partial charge >= 0.3 is 0 Å². The average Bonchev–Trinajstić information content (AvgIpc) is 3.98. The Morgan fingerprint density at radius 1 is 0.903 bits per heavy atom. The second kappa shape index (κ2) is 19.9. The van der Waals surface area contributed by atoms with Crippen LogP contribution in [0.2, 0.25) is 0 Å². The molecule has 2 aliphatic rings. The summed E-state index contributed by atoms with van der Waals surface area (Å²) in [5, 5.41) is 2.85. The number of pyridine rings is 1. The SMILES string of the molecule is CCN1/C(=C/C=C/C=C/C2=[N+](CC)c3ccc(S(=O)(=O)O)cc3C2(C)C)C(C)(CCCC(=O)N(C)c2ccc(C(=O)Nc3ccc(COc4nc(N)nc5nc[nH]c45)cc3)cn2)c2cc(S(=O)(=O)O)ccc21. The van der Waals surface area contributed by atoms with Crippen molar-refractivity contribution >= 4 is 77.8 Å². The zero-order valence-corrected chi connectivity index (χ0v) is 42.1. The van der Waals surface area contributed by atoms with Gasteiger partial charge in [-0.05, 0) is 119 Å². The number of ether oxygens (including phenoxy) is 1. The highest BCUT2D eigenvalue weighted by Crippen LogP contribution is 2.51. The molecule has 2 amide bonds. The smallest absolute Gasteiger partial charge is 0.294 e. The van der Waals surface area contributed by atoms with Gasteiger partial charge < -0.3 is 25.7 Å². The number of aromatic amines is 1. The molecule has 0 fully saturated rings. The lowest BCUT2D eigenvalue weighted by molar-refractivity contribution is -0.433. The van der Waals surface area contributed by atoms with E-state index >= 15 is 0 Å². The molecule has 0 bridgehead atoms. The van der Waals surface area contributed by atoms with Crippen molar-refractivity contribution in [1.29, 1.82) is 0 Å². The third kappa shape index (κ3) is 10.1. The normalized spacial score (nSPS) is 17.1. The van der Waals surface area contributed by atoms with Gasteiger partial charge in [0.15, 0.2) is 11.4 Å². The number of anilines is 4. The van der Waals surface area contributed by atoms with Crippen molar-refractivity contribution < 1.29 is 44.8 Å². The van der Waals surface area contributed by atoms with E-state index in [1.807, 2.05) is 65.0 Å². The van der Waals surface area contributed by atoms with Gasteiger partial charge in [-0.25, -0.2) is 9.97 Å². The number of hydrogen-bond donors (Lipinski definition) is 5. The number of nitrogens with zero attached hydrogens (tertiary/aromatic N) is 7. The van der Waals surface area contributed by atoms with Gasteiger partial charge in [-0.3, -0.25) is 23.6 Å². The van der Waals surface area contributed by atoms with Crippen molar-refractivity contribution in [3.8, 4) is 5.88 Å². The van der Waals surface area contributed by atoms with Crippen LogP contribution in [0.25, 0.3) is 11.2 Å². The molecule has 3 aromatic carbocycles. The van der Waals surface area contributed by atoms with E-state index in [4.69, 9.17) is 10.5 Å². The molecule has 0 spiro atoms. The maximum Gasteiger partial charge on any atom is 0.294 e. The molecular weight excluding hydrogens is 961 g/mol. The molecule has 5 heterocycles. The number of fused-ring (bicyclic) bond motifs is 3. The molecule has 0 radical (unpaired) electrons. The highest BCUT2D eigenvalue weighted by Gasteiger charge is 2.45. The quantitative estimate of drug-likeness (QED) is 0.0333. The Hall–Kier alpha value is -7.59. The minimum absolute atomic E-state index is 0.0392. The summed E-state index contributed by atoms with van der Waals surface area (Å²) in [5.41, 5.74) is 11.9. The summed E-state index contributed by atoms with van der Waals surface area (Å²) in [7, 11) is -7.31. The van der Waals surface area contributed by atoms with Crippen LogP contribution in [0.1, 0.15) is 80.9 Å². The Morgan fingerprint density at radius 2 is 1.61 bits per heavy atom. The summed E-state index contributed by atoms with van der Waals surface area (Å²) in [4.78, 5) is 49.6. The Labute approximate surface area is 417 Å². The van der Waals surface area contributed by atoms with E-state index in [1.165, 1.54) is 41.7 Å². The highest BCUT2D eigenvalue weighted by atomic mass is 32.2. The molecule has 0 saturated carbocycles. The van der Waals surface area contributed by atoms with Gasteiger partial charge in [0.1, 0.15) is 24.5 Å². The fourth-order valence-electron chi connectivity index (χ4n) is 9.38. The molecule has 0 aliphatic carbocycles. The number of allylic oxidation sites excluding steroid dienone is 6. The molecule has 1 atom stereocenters. The van der Waals surface area contributed by atoms with Gasteiger partial charge in [0.2, 0.25) is 23.4 Å². The first-order valence-electron chi connectivity index (χ1n) is 23.1. The molecule has 8 rings (SSSR count). The van der Waals surface area contributed by atoms with Crippen LogP contribution in [0.15, 0.2) is 131 Å². The predicted molar refractivity (Wildman–Crippen MR) is 274 cm³/mol. The Morgan fingerprint density at radius 3 is 2.28 bits per heavy atom. The standard InChI is InChI=1S/C51H54N10O9S2/c1-7-60-39-23-21-35(71(64,65)66)27-37(39)50(3,4)41(60)13-10-9-11-14-42-51(5,38-28-36(72(67,68)69)22-24-40(38)61(42)8-2)26-12-15-44(62)59(6)43-25-18-33(29-53-43)47(63)56-34-19-16-32(17-20-34)30-70-48-45-46(55-31-54-45)57-49(52)58-48/h9-11,13-14,16-25,27-29,31H,7-8,12,15,26,30H2,1-6H3,(H5-,52,54,55,56,57,58,63,64,65,66,67,68,69)/p+1. The van der Waals surface area contributed by atoms with Gasteiger partial charge in [0, 0.05) is 66.4 Å².